The number of anilines is 1. The minimum absolute atomic E-state index is 0.277. The van der Waals surface area contributed by atoms with Gasteiger partial charge in [0.05, 0.1) is 12.3 Å². The highest BCUT2D eigenvalue weighted by Gasteiger charge is 2.29. The van der Waals surface area contributed by atoms with E-state index in [1.165, 1.54) is 0 Å². The summed E-state index contributed by atoms with van der Waals surface area (Å²) in [4.78, 5) is 18.0. The van der Waals surface area contributed by atoms with Crippen molar-refractivity contribution >= 4 is 45.0 Å². The molecule has 2 heterocycles. The van der Waals surface area contributed by atoms with Crippen LogP contribution in [0.25, 0.3) is 0 Å². The Hall–Kier alpha value is -2.64. The van der Waals surface area contributed by atoms with Crippen LogP contribution in [0.1, 0.15) is 23.2 Å². The molecule has 0 saturated heterocycles. The molecule has 6 nitrogen and oxygen atoms in total. The molecule has 29 heavy (non-hydrogen) atoms. The third-order valence-corrected chi connectivity index (χ3v) is 5.49. The Kier molecular flexibility index (Phi) is 5.69. The van der Waals surface area contributed by atoms with Crippen LogP contribution in [0.5, 0.6) is 0 Å². The normalized spacial score (nSPS) is 15.7. The lowest BCUT2D eigenvalue weighted by molar-refractivity contribution is -0.125. The smallest absolute Gasteiger partial charge is 0.269 e. The van der Waals surface area contributed by atoms with Crippen molar-refractivity contribution in [2.24, 2.45) is 5.16 Å². The van der Waals surface area contributed by atoms with Crippen LogP contribution < -0.4 is 5.32 Å². The Morgan fingerprint density at radius 3 is 2.90 bits per heavy atom. The maximum absolute atomic E-state index is 12.6. The molecule has 0 fully saturated rings. The number of nitrogens with zero attached hydrogens (tertiary/aromatic N) is 3. The number of halogens is 2. The van der Waals surface area contributed by atoms with E-state index in [9.17, 15) is 4.79 Å². The highest BCUT2D eigenvalue weighted by atomic mass is 79.9. The van der Waals surface area contributed by atoms with E-state index in [0.717, 1.165) is 27.0 Å². The first-order valence-electron chi connectivity index (χ1n) is 9.07. The molecular formula is C21H18BrClN4O2. The summed E-state index contributed by atoms with van der Waals surface area (Å²) in [6.45, 7) is 2.46. The average Bonchev–Trinajstić information content (AvgIpc) is 3.31. The Bertz CT molecular complexity index is 1100. The summed E-state index contributed by atoms with van der Waals surface area (Å²) in [5.74, 6) is 0.195. The zero-order valence-electron chi connectivity index (χ0n) is 15.6. The summed E-state index contributed by atoms with van der Waals surface area (Å²) in [5.41, 5.74) is 3.55. The summed E-state index contributed by atoms with van der Waals surface area (Å²) in [7, 11) is 0. The van der Waals surface area contributed by atoms with Gasteiger partial charge in [-0.25, -0.2) is 0 Å². The number of hydrogen-bond donors (Lipinski definition) is 1. The largest absolute Gasteiger partial charge is 0.382 e. The maximum Gasteiger partial charge on any atom is 0.269 e. The van der Waals surface area contributed by atoms with Crippen LogP contribution in [0.2, 0.25) is 5.02 Å². The predicted molar refractivity (Wildman–Crippen MR) is 116 cm³/mol. The second-order valence-corrected chi connectivity index (χ2v) is 8.08. The molecule has 3 aromatic rings. The number of nitrogens with one attached hydrogen (secondary N) is 1. The number of amides is 1. The van der Waals surface area contributed by atoms with Crippen molar-refractivity contribution in [3.63, 3.8) is 0 Å². The van der Waals surface area contributed by atoms with Gasteiger partial charge in [-0.3, -0.25) is 9.48 Å². The van der Waals surface area contributed by atoms with Gasteiger partial charge in [0.1, 0.15) is 0 Å². The van der Waals surface area contributed by atoms with Crippen molar-refractivity contribution in [1.29, 1.82) is 0 Å². The fourth-order valence-electron chi connectivity index (χ4n) is 3.08. The van der Waals surface area contributed by atoms with E-state index in [0.29, 0.717) is 23.8 Å². The number of aromatic nitrogens is 2. The average molecular weight is 474 g/mol. The van der Waals surface area contributed by atoms with Gasteiger partial charge >= 0.3 is 0 Å². The molecule has 0 saturated carbocycles. The first-order valence-corrected chi connectivity index (χ1v) is 10.2. The third-order valence-electron chi connectivity index (χ3n) is 4.63. The number of oxime groups is 1. The standard InChI is InChI=1S/C21H18BrClN4O2/c1-13-9-20(25-27(13)12-15-5-2-3-8-17(15)23)24-21(28)19-11-18(26-29-19)14-6-4-7-16(22)10-14/h2-10,19H,11-12H2,1H3,(H,24,25,28). The van der Waals surface area contributed by atoms with Crippen LogP contribution in [0.15, 0.2) is 64.2 Å². The van der Waals surface area contributed by atoms with Crippen LogP contribution in [-0.4, -0.2) is 27.5 Å². The van der Waals surface area contributed by atoms with Crippen molar-refractivity contribution in [2.45, 2.75) is 26.0 Å². The van der Waals surface area contributed by atoms with Crippen molar-refractivity contribution in [1.82, 2.24) is 9.78 Å². The van der Waals surface area contributed by atoms with E-state index in [-0.39, 0.29) is 5.91 Å². The van der Waals surface area contributed by atoms with Gasteiger partial charge in [-0.05, 0) is 30.7 Å². The third kappa shape index (κ3) is 4.52. The summed E-state index contributed by atoms with van der Waals surface area (Å²) in [6.07, 6.45) is -0.278. The summed E-state index contributed by atoms with van der Waals surface area (Å²) in [5, 5.41) is 12.0. The molecule has 1 aliphatic heterocycles. The van der Waals surface area contributed by atoms with Gasteiger partial charge < -0.3 is 10.2 Å². The topological polar surface area (TPSA) is 68.5 Å². The molecule has 0 bridgehead atoms. The van der Waals surface area contributed by atoms with Crippen molar-refractivity contribution in [3.05, 3.63) is 80.9 Å². The zero-order valence-corrected chi connectivity index (χ0v) is 17.9. The number of hydrogen-bond acceptors (Lipinski definition) is 4. The van der Waals surface area contributed by atoms with Gasteiger partial charge in [-0.2, -0.15) is 5.10 Å². The zero-order chi connectivity index (χ0) is 20.4. The van der Waals surface area contributed by atoms with Gasteiger partial charge in [-0.1, -0.05) is 63.0 Å². The van der Waals surface area contributed by atoms with Crippen LogP contribution in [0, 0.1) is 6.92 Å². The molecule has 8 heteroatoms. The first kappa shape index (κ1) is 19.7. The summed E-state index contributed by atoms with van der Waals surface area (Å²) < 4.78 is 2.75. The van der Waals surface area contributed by atoms with Gasteiger partial charge in [-0.15, -0.1) is 0 Å². The molecule has 4 rings (SSSR count). The molecule has 148 valence electrons. The number of carbonyl (C=O) groups excluding carboxylic acids is 1. The lowest BCUT2D eigenvalue weighted by Crippen LogP contribution is -2.28. The predicted octanol–water partition coefficient (Wildman–Crippen LogP) is 4.79. The Morgan fingerprint density at radius 2 is 2.10 bits per heavy atom. The first-order chi connectivity index (χ1) is 14.0. The molecule has 1 N–H and O–H groups in total. The van der Waals surface area contributed by atoms with E-state index < -0.39 is 6.10 Å². The molecule has 1 aromatic heterocycles. The number of carbonyl (C=O) groups is 1. The Labute approximate surface area is 181 Å². The molecule has 0 radical (unpaired) electrons. The molecule has 1 aliphatic rings. The molecule has 1 amide bonds. The van der Waals surface area contributed by atoms with Crippen molar-refractivity contribution in [3.8, 4) is 0 Å². The molecule has 1 unspecified atom stereocenters. The molecule has 2 aromatic carbocycles. The maximum atomic E-state index is 12.6. The van der Waals surface area contributed by atoms with Crippen molar-refractivity contribution < 1.29 is 9.63 Å². The number of rotatable bonds is 5. The fraction of sp³-hybridized carbons (Fsp3) is 0.190. The SMILES string of the molecule is Cc1cc(NC(=O)C2CC(c3cccc(Br)c3)=NO2)nn1Cc1ccccc1Cl. The second kappa shape index (κ2) is 8.39. The summed E-state index contributed by atoms with van der Waals surface area (Å²) >= 11 is 9.68. The second-order valence-electron chi connectivity index (χ2n) is 6.76. The summed E-state index contributed by atoms with van der Waals surface area (Å²) in [6, 6.07) is 17.2. The quantitative estimate of drug-likeness (QED) is 0.579. The van der Waals surface area contributed by atoms with E-state index in [4.69, 9.17) is 16.4 Å². The lowest BCUT2D eigenvalue weighted by Gasteiger charge is -2.08. The Morgan fingerprint density at radius 1 is 1.28 bits per heavy atom. The van der Waals surface area contributed by atoms with Gasteiger partial charge in [0.2, 0.25) is 6.10 Å². The highest BCUT2D eigenvalue weighted by Crippen LogP contribution is 2.22. The van der Waals surface area contributed by atoms with Crippen LogP contribution in [0.3, 0.4) is 0 Å². The minimum Gasteiger partial charge on any atom is -0.382 e. The van der Waals surface area contributed by atoms with E-state index in [2.05, 4.69) is 31.5 Å². The molecular weight excluding hydrogens is 456 g/mol. The lowest BCUT2D eigenvalue weighted by atomic mass is 10.0. The van der Waals surface area contributed by atoms with Gasteiger partial charge in [0, 0.05) is 33.2 Å². The van der Waals surface area contributed by atoms with Gasteiger partial charge in [0.15, 0.2) is 5.82 Å². The van der Waals surface area contributed by atoms with E-state index in [1.54, 1.807) is 4.68 Å². The monoisotopic (exact) mass is 472 g/mol. The molecule has 0 spiro atoms. The van der Waals surface area contributed by atoms with Gasteiger partial charge in [0.25, 0.3) is 5.91 Å². The fourth-order valence-corrected chi connectivity index (χ4v) is 3.68. The van der Waals surface area contributed by atoms with E-state index in [1.807, 2.05) is 61.5 Å². The number of aryl methyl sites for hydroxylation is 1. The highest BCUT2D eigenvalue weighted by molar-refractivity contribution is 9.10. The van der Waals surface area contributed by atoms with Crippen molar-refractivity contribution in [2.75, 3.05) is 5.32 Å². The van der Waals surface area contributed by atoms with Crippen LogP contribution in [0.4, 0.5) is 5.82 Å². The number of benzene rings is 2. The van der Waals surface area contributed by atoms with E-state index >= 15 is 0 Å². The van der Waals surface area contributed by atoms with Crippen LogP contribution >= 0.6 is 27.5 Å². The minimum atomic E-state index is -0.682. The molecule has 1 atom stereocenters. The molecule has 0 aliphatic carbocycles. The Balaban J connectivity index is 1.40. The van der Waals surface area contributed by atoms with Crippen LogP contribution in [-0.2, 0) is 16.2 Å².